The third-order valence-electron chi connectivity index (χ3n) is 1.63. The van der Waals surface area contributed by atoms with Gasteiger partial charge in [-0.2, -0.15) is 10.2 Å². The van der Waals surface area contributed by atoms with Crippen molar-refractivity contribution in [3.05, 3.63) is 23.5 Å². The van der Waals surface area contributed by atoms with Crippen molar-refractivity contribution in [1.82, 2.24) is 0 Å². The van der Waals surface area contributed by atoms with E-state index < -0.39 is 0 Å². The summed E-state index contributed by atoms with van der Waals surface area (Å²) >= 11 is 0. The van der Waals surface area contributed by atoms with Crippen molar-refractivity contribution in [1.29, 1.82) is 0 Å². The Morgan fingerprint density at radius 3 is 1.56 bits per heavy atom. The van der Waals surface area contributed by atoms with Crippen LogP contribution < -0.4 is 0 Å². The molecular weight excluding hydrogens is 196 g/mol. The van der Waals surface area contributed by atoms with Crippen LogP contribution in [0.4, 0.5) is 0 Å². The molecule has 0 fully saturated rings. The molecule has 0 bridgehead atoms. The van der Waals surface area contributed by atoms with Gasteiger partial charge in [-0.3, -0.25) is 0 Å². The highest BCUT2D eigenvalue weighted by Crippen LogP contribution is 2.12. The average molecular weight is 226 g/mol. The highest BCUT2D eigenvalue weighted by atomic mass is 15.1. The fourth-order valence-corrected chi connectivity index (χ4v) is 0.701. The Labute approximate surface area is 103 Å². The van der Waals surface area contributed by atoms with Crippen LogP contribution in [0.15, 0.2) is 33.8 Å². The number of rotatable bonds is 3. The zero-order valence-corrected chi connectivity index (χ0v) is 12.6. The molecule has 96 valence electrons. The zero-order chi connectivity index (χ0) is 13.6. The quantitative estimate of drug-likeness (QED) is 0.529. The molecule has 0 spiro atoms. The van der Waals surface area contributed by atoms with Crippen LogP contribution in [0.5, 0.6) is 0 Å². The first-order valence-electron chi connectivity index (χ1n) is 6.32. The normalized spacial score (nSPS) is 11.9. The summed E-state index contributed by atoms with van der Waals surface area (Å²) in [6.07, 6.45) is 3.94. The SMILES string of the molecule is CC.CC.C\C=C(C)/N=N\C(=C/C)C(C)C. The van der Waals surface area contributed by atoms with Gasteiger partial charge >= 0.3 is 0 Å². The molecule has 0 N–H and O–H groups in total. The Morgan fingerprint density at radius 1 is 0.875 bits per heavy atom. The molecule has 0 saturated carbocycles. The molecule has 0 aromatic carbocycles. The molecular formula is C14H30N2. The van der Waals surface area contributed by atoms with Gasteiger partial charge in [0.2, 0.25) is 0 Å². The summed E-state index contributed by atoms with van der Waals surface area (Å²) < 4.78 is 0. The molecule has 0 atom stereocenters. The van der Waals surface area contributed by atoms with E-state index in [1.807, 2.05) is 60.6 Å². The van der Waals surface area contributed by atoms with E-state index in [0.717, 1.165) is 11.4 Å². The van der Waals surface area contributed by atoms with Crippen molar-refractivity contribution in [2.45, 2.75) is 62.3 Å². The van der Waals surface area contributed by atoms with Crippen LogP contribution in [0.3, 0.4) is 0 Å². The standard InChI is InChI=1S/C10H18N2.2C2H6/c1-6-9(5)11-12-10(7-2)8(3)4;2*1-2/h6-8H,1-5H3;2*1-2H3/b9-6-,10-7-,12-11-;;. The first-order chi connectivity index (χ1) is 7.61. The summed E-state index contributed by atoms with van der Waals surface area (Å²) in [5.74, 6) is 0.448. The number of hydrogen-bond acceptors (Lipinski definition) is 2. The number of azo groups is 1. The lowest BCUT2D eigenvalue weighted by Crippen LogP contribution is -1.88. The highest BCUT2D eigenvalue weighted by molar-refractivity contribution is 5.02. The van der Waals surface area contributed by atoms with Crippen LogP contribution in [0.1, 0.15) is 62.3 Å². The van der Waals surface area contributed by atoms with Gasteiger partial charge in [0, 0.05) is 0 Å². The number of hydrogen-bond donors (Lipinski definition) is 0. The summed E-state index contributed by atoms with van der Waals surface area (Å²) in [6, 6.07) is 0. The second-order valence-corrected chi connectivity index (χ2v) is 3.00. The van der Waals surface area contributed by atoms with E-state index in [1.54, 1.807) is 0 Å². The molecule has 0 aliphatic rings. The van der Waals surface area contributed by atoms with E-state index in [4.69, 9.17) is 0 Å². The number of nitrogens with zero attached hydrogens (tertiary/aromatic N) is 2. The van der Waals surface area contributed by atoms with Crippen molar-refractivity contribution in [2.24, 2.45) is 16.1 Å². The molecule has 16 heavy (non-hydrogen) atoms. The molecule has 0 radical (unpaired) electrons. The van der Waals surface area contributed by atoms with Crippen molar-refractivity contribution in [3.8, 4) is 0 Å². The monoisotopic (exact) mass is 226 g/mol. The van der Waals surface area contributed by atoms with Crippen LogP contribution in [0, 0.1) is 5.92 Å². The van der Waals surface area contributed by atoms with Gasteiger partial charge in [-0.25, -0.2) is 0 Å². The van der Waals surface area contributed by atoms with Gasteiger partial charge in [-0.15, -0.1) is 0 Å². The zero-order valence-electron chi connectivity index (χ0n) is 12.6. The van der Waals surface area contributed by atoms with Crippen LogP contribution in [-0.4, -0.2) is 0 Å². The summed E-state index contributed by atoms with van der Waals surface area (Å²) in [7, 11) is 0. The van der Waals surface area contributed by atoms with Gasteiger partial charge in [0.25, 0.3) is 0 Å². The van der Waals surface area contributed by atoms with Gasteiger partial charge in [0.15, 0.2) is 0 Å². The topological polar surface area (TPSA) is 24.7 Å². The second-order valence-electron chi connectivity index (χ2n) is 3.00. The van der Waals surface area contributed by atoms with Crippen LogP contribution >= 0.6 is 0 Å². The van der Waals surface area contributed by atoms with E-state index >= 15 is 0 Å². The van der Waals surface area contributed by atoms with Gasteiger partial charge in [0.05, 0.1) is 11.4 Å². The van der Waals surface area contributed by atoms with Crippen LogP contribution in [0.25, 0.3) is 0 Å². The van der Waals surface area contributed by atoms with E-state index in [1.165, 1.54) is 0 Å². The lowest BCUT2D eigenvalue weighted by Gasteiger charge is -2.02. The molecule has 0 heterocycles. The third-order valence-corrected chi connectivity index (χ3v) is 1.63. The first-order valence-corrected chi connectivity index (χ1v) is 6.32. The average Bonchev–Trinajstić information content (AvgIpc) is 2.34. The van der Waals surface area contributed by atoms with E-state index in [0.29, 0.717) is 5.92 Å². The molecule has 0 aliphatic heterocycles. The summed E-state index contributed by atoms with van der Waals surface area (Å²) in [5.41, 5.74) is 1.99. The summed E-state index contributed by atoms with van der Waals surface area (Å²) in [6.45, 7) is 18.1. The molecule has 2 nitrogen and oxygen atoms in total. The van der Waals surface area contributed by atoms with E-state index in [-0.39, 0.29) is 0 Å². The largest absolute Gasteiger partial charge is 0.156 e. The van der Waals surface area contributed by atoms with Gasteiger partial charge in [0.1, 0.15) is 0 Å². The predicted molar refractivity (Wildman–Crippen MR) is 75.6 cm³/mol. The van der Waals surface area contributed by atoms with Gasteiger partial charge in [-0.1, -0.05) is 53.7 Å². The molecule has 0 aromatic rings. The first kappa shape index (κ1) is 20.5. The second kappa shape index (κ2) is 16.5. The molecule has 0 rings (SSSR count). The van der Waals surface area contributed by atoms with Crippen molar-refractivity contribution in [3.63, 3.8) is 0 Å². The lowest BCUT2D eigenvalue weighted by molar-refractivity contribution is 0.736. The Bertz CT molecular complexity index is 211. The van der Waals surface area contributed by atoms with Crippen molar-refractivity contribution < 1.29 is 0 Å². The fraction of sp³-hybridized carbons (Fsp3) is 0.714. The molecule has 0 amide bonds. The maximum atomic E-state index is 4.13. The van der Waals surface area contributed by atoms with Gasteiger partial charge in [-0.05, 0) is 26.7 Å². The molecule has 0 aliphatic carbocycles. The predicted octanol–water partition coefficient (Wildman–Crippen LogP) is 5.97. The smallest absolute Gasteiger partial charge is 0.0613 e. The minimum atomic E-state index is 0.448. The highest BCUT2D eigenvalue weighted by Gasteiger charge is 1.98. The Morgan fingerprint density at radius 2 is 1.31 bits per heavy atom. The van der Waals surface area contributed by atoms with Crippen LogP contribution in [0.2, 0.25) is 0 Å². The minimum Gasteiger partial charge on any atom is -0.156 e. The maximum Gasteiger partial charge on any atom is 0.0613 e. The fourth-order valence-electron chi connectivity index (χ4n) is 0.701. The van der Waals surface area contributed by atoms with Crippen LogP contribution in [-0.2, 0) is 0 Å². The summed E-state index contributed by atoms with van der Waals surface area (Å²) in [5, 5.41) is 8.18. The molecule has 0 aromatic heterocycles. The molecule has 0 saturated heterocycles. The molecule has 0 unspecified atom stereocenters. The lowest BCUT2D eigenvalue weighted by atomic mass is 10.1. The molecule has 2 heteroatoms. The Hall–Kier alpha value is -0.920. The van der Waals surface area contributed by atoms with E-state index in [9.17, 15) is 0 Å². The Kier molecular flexibility index (Phi) is 21.1. The van der Waals surface area contributed by atoms with E-state index in [2.05, 4.69) is 24.1 Å². The Balaban J connectivity index is -0.000000376. The van der Waals surface area contributed by atoms with Gasteiger partial charge < -0.3 is 0 Å². The summed E-state index contributed by atoms with van der Waals surface area (Å²) in [4.78, 5) is 0. The van der Waals surface area contributed by atoms with Crippen molar-refractivity contribution in [2.75, 3.05) is 0 Å². The maximum absolute atomic E-state index is 4.13. The van der Waals surface area contributed by atoms with Crippen molar-refractivity contribution >= 4 is 0 Å². The third kappa shape index (κ3) is 13.1. The minimum absolute atomic E-state index is 0.448. The number of allylic oxidation sites excluding steroid dienone is 4.